The number of hydrogen-bond donors (Lipinski definition) is 1. The first-order valence-corrected chi connectivity index (χ1v) is 9.37. The van der Waals surface area contributed by atoms with Crippen LogP contribution in [0.3, 0.4) is 0 Å². The van der Waals surface area contributed by atoms with Gasteiger partial charge in [-0.25, -0.2) is 0 Å². The average molecular weight is 388 g/mol. The molecule has 0 aliphatic heterocycles. The van der Waals surface area contributed by atoms with Gasteiger partial charge in [0.15, 0.2) is 0 Å². The number of amides is 1. The minimum absolute atomic E-state index is 0.0967. The zero-order valence-corrected chi connectivity index (χ0v) is 16.0. The molecule has 134 valence electrons. The fraction of sp³-hybridized carbons (Fsp3) is 0.211. The van der Waals surface area contributed by atoms with E-state index in [2.05, 4.69) is 15.5 Å². The highest BCUT2D eigenvalue weighted by Crippen LogP contribution is 2.27. The van der Waals surface area contributed by atoms with Gasteiger partial charge < -0.3 is 9.73 Å². The normalized spacial score (nSPS) is 12.0. The quantitative estimate of drug-likeness (QED) is 0.631. The first-order chi connectivity index (χ1) is 12.5. The Hall–Kier alpha value is -2.31. The topological polar surface area (TPSA) is 68.0 Å². The SMILES string of the molecule is Cc1ccccc1-c1nnc(SC(C)C(=O)NCc2ccc(Cl)cc2)o1. The summed E-state index contributed by atoms with van der Waals surface area (Å²) in [6, 6.07) is 15.2. The third kappa shape index (κ3) is 4.65. The number of nitrogens with zero attached hydrogens (tertiary/aromatic N) is 2. The van der Waals surface area contributed by atoms with Crippen molar-refractivity contribution in [3.63, 3.8) is 0 Å². The molecule has 1 N–H and O–H groups in total. The van der Waals surface area contributed by atoms with Crippen LogP contribution < -0.4 is 5.32 Å². The van der Waals surface area contributed by atoms with Gasteiger partial charge >= 0.3 is 0 Å². The second-order valence-corrected chi connectivity index (χ2v) is 7.52. The first kappa shape index (κ1) is 18.5. The maximum absolute atomic E-state index is 12.3. The van der Waals surface area contributed by atoms with Gasteiger partial charge in [-0.2, -0.15) is 0 Å². The summed E-state index contributed by atoms with van der Waals surface area (Å²) in [5.74, 6) is 0.361. The van der Waals surface area contributed by atoms with E-state index in [1.807, 2.05) is 43.3 Å². The van der Waals surface area contributed by atoms with Gasteiger partial charge in [-0.1, -0.05) is 53.7 Å². The van der Waals surface area contributed by atoms with Crippen molar-refractivity contribution < 1.29 is 9.21 Å². The third-order valence-electron chi connectivity index (χ3n) is 3.81. The molecule has 1 unspecified atom stereocenters. The lowest BCUT2D eigenvalue weighted by Gasteiger charge is -2.10. The standard InChI is InChI=1S/C19H18ClN3O2S/c1-12-5-3-4-6-16(12)18-22-23-19(25-18)26-13(2)17(24)21-11-14-7-9-15(20)10-8-14/h3-10,13H,11H2,1-2H3,(H,21,24). The molecule has 0 saturated heterocycles. The summed E-state index contributed by atoms with van der Waals surface area (Å²) < 4.78 is 5.69. The Labute approximate surface area is 161 Å². The van der Waals surface area contributed by atoms with E-state index in [0.29, 0.717) is 22.7 Å². The highest BCUT2D eigenvalue weighted by atomic mass is 35.5. The van der Waals surface area contributed by atoms with Gasteiger partial charge in [0.05, 0.1) is 5.25 Å². The number of aryl methyl sites for hydroxylation is 1. The smallest absolute Gasteiger partial charge is 0.277 e. The van der Waals surface area contributed by atoms with E-state index in [0.717, 1.165) is 16.7 Å². The molecule has 3 aromatic rings. The van der Waals surface area contributed by atoms with E-state index in [-0.39, 0.29) is 11.2 Å². The van der Waals surface area contributed by atoms with E-state index in [1.165, 1.54) is 11.8 Å². The molecule has 0 fully saturated rings. The number of benzene rings is 2. The van der Waals surface area contributed by atoms with Crippen LogP contribution in [0.5, 0.6) is 0 Å². The molecule has 0 aliphatic carbocycles. The molecule has 0 spiro atoms. The van der Waals surface area contributed by atoms with Crippen molar-refractivity contribution in [2.24, 2.45) is 0 Å². The summed E-state index contributed by atoms with van der Waals surface area (Å²) in [4.78, 5) is 12.3. The highest BCUT2D eigenvalue weighted by molar-refractivity contribution is 8.00. The zero-order chi connectivity index (χ0) is 18.5. The van der Waals surface area contributed by atoms with E-state index in [4.69, 9.17) is 16.0 Å². The molecule has 1 atom stereocenters. The number of rotatable bonds is 6. The lowest BCUT2D eigenvalue weighted by molar-refractivity contribution is -0.120. The van der Waals surface area contributed by atoms with Gasteiger partial charge in [0, 0.05) is 17.1 Å². The second-order valence-electron chi connectivity index (χ2n) is 5.79. The van der Waals surface area contributed by atoms with Crippen LogP contribution in [-0.2, 0) is 11.3 Å². The van der Waals surface area contributed by atoms with Crippen molar-refractivity contribution in [1.29, 1.82) is 0 Å². The molecule has 1 amide bonds. The maximum Gasteiger partial charge on any atom is 0.277 e. The number of carbonyl (C=O) groups is 1. The number of halogens is 1. The minimum Gasteiger partial charge on any atom is -0.411 e. The van der Waals surface area contributed by atoms with Crippen molar-refractivity contribution in [3.8, 4) is 11.5 Å². The number of aromatic nitrogens is 2. The number of hydrogen-bond acceptors (Lipinski definition) is 5. The van der Waals surface area contributed by atoms with Crippen LogP contribution >= 0.6 is 23.4 Å². The Bertz CT molecular complexity index is 896. The van der Waals surface area contributed by atoms with Crippen LogP contribution in [-0.4, -0.2) is 21.4 Å². The monoisotopic (exact) mass is 387 g/mol. The number of nitrogens with one attached hydrogen (secondary N) is 1. The molecular formula is C19H18ClN3O2S. The maximum atomic E-state index is 12.3. The summed E-state index contributed by atoms with van der Waals surface area (Å²) in [5.41, 5.74) is 2.94. The molecule has 7 heteroatoms. The highest BCUT2D eigenvalue weighted by Gasteiger charge is 2.19. The number of thioether (sulfide) groups is 1. The van der Waals surface area contributed by atoms with Gasteiger partial charge in [0.1, 0.15) is 0 Å². The molecule has 0 radical (unpaired) electrons. The van der Waals surface area contributed by atoms with E-state index in [1.54, 1.807) is 19.1 Å². The Morgan fingerprint density at radius 1 is 1.19 bits per heavy atom. The van der Waals surface area contributed by atoms with Crippen LogP contribution in [0.15, 0.2) is 58.2 Å². The largest absolute Gasteiger partial charge is 0.411 e. The predicted octanol–water partition coefficient (Wildman–Crippen LogP) is 4.50. The first-order valence-electron chi connectivity index (χ1n) is 8.11. The molecule has 1 heterocycles. The van der Waals surface area contributed by atoms with Crippen LogP contribution in [0.1, 0.15) is 18.1 Å². The fourth-order valence-corrected chi connectivity index (χ4v) is 3.15. The van der Waals surface area contributed by atoms with E-state index >= 15 is 0 Å². The summed E-state index contributed by atoms with van der Waals surface area (Å²) >= 11 is 7.09. The van der Waals surface area contributed by atoms with Crippen molar-refractivity contribution in [2.45, 2.75) is 30.9 Å². The van der Waals surface area contributed by atoms with E-state index < -0.39 is 0 Å². The molecule has 1 aromatic heterocycles. The van der Waals surface area contributed by atoms with Crippen LogP contribution in [0.4, 0.5) is 0 Å². The number of carbonyl (C=O) groups excluding carboxylic acids is 1. The van der Waals surface area contributed by atoms with Crippen LogP contribution in [0.2, 0.25) is 5.02 Å². The summed E-state index contributed by atoms with van der Waals surface area (Å²) in [6.07, 6.45) is 0. The third-order valence-corrected chi connectivity index (χ3v) is 4.99. The zero-order valence-electron chi connectivity index (χ0n) is 14.4. The summed E-state index contributed by atoms with van der Waals surface area (Å²) in [6.45, 7) is 4.23. The van der Waals surface area contributed by atoms with Crippen molar-refractivity contribution in [3.05, 3.63) is 64.7 Å². The van der Waals surface area contributed by atoms with Gasteiger partial charge in [-0.15, -0.1) is 10.2 Å². The van der Waals surface area contributed by atoms with Crippen molar-refractivity contribution in [1.82, 2.24) is 15.5 Å². The molecule has 5 nitrogen and oxygen atoms in total. The van der Waals surface area contributed by atoms with Gasteiger partial charge in [0.2, 0.25) is 11.8 Å². The second kappa shape index (κ2) is 8.38. The van der Waals surface area contributed by atoms with Gasteiger partial charge in [-0.05, 0) is 43.2 Å². The molecule has 0 aliphatic rings. The molecule has 0 saturated carbocycles. The Morgan fingerprint density at radius 3 is 2.65 bits per heavy atom. The van der Waals surface area contributed by atoms with Gasteiger partial charge in [-0.3, -0.25) is 4.79 Å². The summed E-state index contributed by atoms with van der Waals surface area (Å²) in [5, 5.41) is 11.7. The van der Waals surface area contributed by atoms with Crippen molar-refractivity contribution >= 4 is 29.3 Å². The Kier molecular flexibility index (Phi) is 5.96. The minimum atomic E-state index is -0.354. The van der Waals surface area contributed by atoms with Gasteiger partial charge in [0.25, 0.3) is 5.22 Å². The van der Waals surface area contributed by atoms with E-state index in [9.17, 15) is 4.79 Å². The lowest BCUT2D eigenvalue weighted by Crippen LogP contribution is -2.30. The predicted molar refractivity (Wildman–Crippen MR) is 103 cm³/mol. The van der Waals surface area contributed by atoms with Crippen LogP contribution in [0.25, 0.3) is 11.5 Å². The molecule has 26 heavy (non-hydrogen) atoms. The Balaban J connectivity index is 1.57. The fourth-order valence-electron chi connectivity index (χ4n) is 2.32. The molecule has 3 rings (SSSR count). The molecule has 2 aromatic carbocycles. The lowest BCUT2D eigenvalue weighted by atomic mass is 10.1. The van der Waals surface area contributed by atoms with Crippen LogP contribution in [0, 0.1) is 6.92 Å². The average Bonchev–Trinajstić information content (AvgIpc) is 3.09. The Morgan fingerprint density at radius 2 is 1.92 bits per heavy atom. The molecule has 0 bridgehead atoms. The van der Waals surface area contributed by atoms with Crippen molar-refractivity contribution in [2.75, 3.05) is 0 Å². The molecular weight excluding hydrogens is 370 g/mol. The summed E-state index contributed by atoms with van der Waals surface area (Å²) in [7, 11) is 0.